The number of rotatable bonds is 10. The summed E-state index contributed by atoms with van der Waals surface area (Å²) in [6.45, 7) is 13.1. The molecule has 0 spiro atoms. The molecule has 0 fully saturated rings. The molecule has 4 rings (SSSR count). The van der Waals surface area contributed by atoms with E-state index in [1.807, 2.05) is 88.4 Å². The molecule has 4 aromatic carbocycles. The van der Waals surface area contributed by atoms with E-state index in [1.54, 1.807) is 37.8 Å². The monoisotopic (exact) mass is 623 g/mol. The fourth-order valence-corrected chi connectivity index (χ4v) is 5.34. The summed E-state index contributed by atoms with van der Waals surface area (Å²) in [5.74, 6) is -0.703. The van der Waals surface area contributed by atoms with Crippen molar-refractivity contribution >= 4 is 34.4 Å². The maximum atomic E-state index is 14.7. The summed E-state index contributed by atoms with van der Waals surface area (Å²) in [6, 6.07) is 23.4. The van der Waals surface area contributed by atoms with Crippen LogP contribution in [0.25, 0.3) is 10.8 Å². The van der Waals surface area contributed by atoms with Gasteiger partial charge in [-0.15, -0.1) is 0 Å². The van der Waals surface area contributed by atoms with Gasteiger partial charge in [0.1, 0.15) is 23.4 Å². The number of carbonyl (C=O) groups is 3. The smallest absolute Gasteiger partial charge is 0.408 e. The first kappa shape index (κ1) is 34.0. The van der Waals surface area contributed by atoms with Crippen molar-refractivity contribution in [2.45, 2.75) is 85.0 Å². The lowest BCUT2D eigenvalue weighted by Gasteiger charge is -2.38. The maximum Gasteiger partial charge on any atom is 0.408 e. The number of carbonyl (C=O) groups excluding carboxylic acids is 3. The van der Waals surface area contributed by atoms with Crippen LogP contribution < -0.4 is 10.6 Å². The van der Waals surface area contributed by atoms with Crippen LogP contribution in [0.4, 0.5) is 10.5 Å². The molecule has 0 aliphatic rings. The number of phenols is 1. The number of benzene rings is 4. The van der Waals surface area contributed by atoms with Crippen LogP contribution in [0.5, 0.6) is 5.75 Å². The standard InChI is InChI=1S/C38H45N3O5/c1-8-26(4)41(36(44)33(40-37(45)46-38(5,6)7)22-27-14-19-32(42)20-15-27)34(30-16-13-24(2)25(3)21-30)35(43)39-31-18-17-28-11-9-10-12-29(28)23-31/h9-21,23,26,33-34,42H,8,22H2,1-7H3,(H,39,43)(H,40,45). The Bertz CT molecular complexity index is 1690. The number of amides is 3. The van der Waals surface area contributed by atoms with Gasteiger partial charge in [-0.25, -0.2) is 4.79 Å². The predicted molar refractivity (Wildman–Crippen MR) is 183 cm³/mol. The molecule has 3 atom stereocenters. The van der Waals surface area contributed by atoms with Crippen LogP contribution in [-0.4, -0.2) is 45.6 Å². The van der Waals surface area contributed by atoms with E-state index in [2.05, 4.69) is 10.6 Å². The summed E-state index contributed by atoms with van der Waals surface area (Å²) < 4.78 is 5.54. The summed E-state index contributed by atoms with van der Waals surface area (Å²) in [6.07, 6.45) is -0.0524. The summed E-state index contributed by atoms with van der Waals surface area (Å²) in [5.41, 5.74) is 3.27. The second-order valence-corrected chi connectivity index (χ2v) is 12.9. The van der Waals surface area contributed by atoms with Crippen LogP contribution in [0.2, 0.25) is 0 Å². The van der Waals surface area contributed by atoms with Crippen molar-refractivity contribution in [2.75, 3.05) is 5.32 Å². The van der Waals surface area contributed by atoms with Crippen LogP contribution in [-0.2, 0) is 20.7 Å². The predicted octanol–water partition coefficient (Wildman–Crippen LogP) is 7.61. The first-order valence-electron chi connectivity index (χ1n) is 15.7. The molecular formula is C38H45N3O5. The minimum Gasteiger partial charge on any atom is -0.508 e. The molecule has 0 heterocycles. The average Bonchev–Trinajstić information content (AvgIpc) is 3.00. The third kappa shape index (κ3) is 8.65. The number of anilines is 1. The summed E-state index contributed by atoms with van der Waals surface area (Å²) in [7, 11) is 0. The number of phenolic OH excluding ortho intramolecular Hbond substituents is 1. The molecule has 0 saturated carbocycles. The van der Waals surface area contributed by atoms with Crippen LogP contribution in [0.3, 0.4) is 0 Å². The number of nitrogens with one attached hydrogen (secondary N) is 2. The Kier molecular flexibility index (Phi) is 10.7. The van der Waals surface area contributed by atoms with Crippen LogP contribution in [0.15, 0.2) is 84.9 Å². The Morgan fingerprint density at radius 2 is 1.54 bits per heavy atom. The molecule has 8 nitrogen and oxygen atoms in total. The highest BCUT2D eigenvalue weighted by molar-refractivity contribution is 6.00. The van der Waals surface area contributed by atoms with Crippen molar-refractivity contribution in [3.05, 3.63) is 107 Å². The zero-order valence-electron chi connectivity index (χ0n) is 27.8. The van der Waals surface area contributed by atoms with Crippen molar-refractivity contribution in [3.63, 3.8) is 0 Å². The molecule has 0 bridgehead atoms. The molecule has 3 N–H and O–H groups in total. The molecule has 0 aliphatic heterocycles. The normalized spacial score (nSPS) is 13.4. The van der Waals surface area contributed by atoms with Gasteiger partial charge in [0.2, 0.25) is 5.91 Å². The molecule has 0 aliphatic carbocycles. The Hall–Kier alpha value is -4.85. The van der Waals surface area contributed by atoms with Gasteiger partial charge < -0.3 is 25.4 Å². The van der Waals surface area contributed by atoms with Gasteiger partial charge in [0.25, 0.3) is 5.91 Å². The third-order valence-corrected chi connectivity index (χ3v) is 8.08. The molecule has 4 aromatic rings. The fourth-order valence-electron chi connectivity index (χ4n) is 5.34. The zero-order chi connectivity index (χ0) is 33.6. The molecule has 8 heteroatoms. The lowest BCUT2D eigenvalue weighted by atomic mass is 9.95. The van der Waals surface area contributed by atoms with Gasteiger partial charge in [-0.2, -0.15) is 0 Å². The van der Waals surface area contributed by atoms with E-state index in [1.165, 1.54) is 12.1 Å². The highest BCUT2D eigenvalue weighted by atomic mass is 16.6. The van der Waals surface area contributed by atoms with E-state index in [9.17, 15) is 19.5 Å². The second kappa shape index (κ2) is 14.5. The van der Waals surface area contributed by atoms with Crippen LogP contribution >= 0.6 is 0 Å². The van der Waals surface area contributed by atoms with Gasteiger partial charge in [-0.3, -0.25) is 9.59 Å². The molecule has 0 aromatic heterocycles. The van der Waals surface area contributed by atoms with E-state index in [0.29, 0.717) is 17.7 Å². The number of aromatic hydroxyl groups is 1. The number of nitrogens with zero attached hydrogens (tertiary/aromatic N) is 1. The topological polar surface area (TPSA) is 108 Å². The highest BCUT2D eigenvalue weighted by Crippen LogP contribution is 2.30. The number of hydrogen-bond acceptors (Lipinski definition) is 5. The average molecular weight is 624 g/mol. The Balaban J connectivity index is 1.78. The van der Waals surface area contributed by atoms with E-state index in [0.717, 1.165) is 27.5 Å². The van der Waals surface area contributed by atoms with E-state index >= 15 is 0 Å². The summed E-state index contributed by atoms with van der Waals surface area (Å²) in [5, 5.41) is 17.7. The minimum atomic E-state index is -1.06. The molecule has 0 radical (unpaired) electrons. The van der Waals surface area contributed by atoms with Crippen LogP contribution in [0.1, 0.15) is 69.3 Å². The minimum absolute atomic E-state index is 0.0909. The summed E-state index contributed by atoms with van der Waals surface area (Å²) in [4.78, 5) is 43.8. The van der Waals surface area contributed by atoms with Gasteiger partial charge in [0.15, 0.2) is 0 Å². The molecule has 3 amide bonds. The van der Waals surface area contributed by atoms with E-state index in [4.69, 9.17) is 4.74 Å². The van der Waals surface area contributed by atoms with Gasteiger partial charge in [-0.05, 0) is 105 Å². The Morgan fingerprint density at radius 3 is 2.17 bits per heavy atom. The third-order valence-electron chi connectivity index (χ3n) is 8.08. The number of hydrogen-bond donors (Lipinski definition) is 3. The first-order valence-corrected chi connectivity index (χ1v) is 15.7. The molecular weight excluding hydrogens is 578 g/mol. The number of ether oxygens (including phenoxy) is 1. The van der Waals surface area contributed by atoms with Crippen molar-refractivity contribution in [3.8, 4) is 5.75 Å². The molecule has 46 heavy (non-hydrogen) atoms. The number of fused-ring (bicyclic) bond motifs is 1. The Morgan fingerprint density at radius 1 is 0.870 bits per heavy atom. The highest BCUT2D eigenvalue weighted by Gasteiger charge is 2.39. The largest absolute Gasteiger partial charge is 0.508 e. The van der Waals surface area contributed by atoms with Gasteiger partial charge in [0.05, 0.1) is 0 Å². The first-order chi connectivity index (χ1) is 21.8. The van der Waals surface area contributed by atoms with Crippen molar-refractivity contribution in [1.29, 1.82) is 0 Å². The molecule has 3 unspecified atom stereocenters. The summed E-state index contributed by atoms with van der Waals surface area (Å²) >= 11 is 0. The lowest BCUT2D eigenvalue weighted by molar-refractivity contribution is -0.143. The number of aryl methyl sites for hydroxylation is 2. The van der Waals surface area contributed by atoms with Crippen LogP contribution in [0, 0.1) is 13.8 Å². The second-order valence-electron chi connectivity index (χ2n) is 12.9. The zero-order valence-corrected chi connectivity index (χ0v) is 27.8. The fraction of sp³-hybridized carbons (Fsp3) is 0.342. The Labute approximate surface area is 271 Å². The van der Waals surface area contributed by atoms with Crippen molar-refractivity contribution in [2.24, 2.45) is 0 Å². The quantitative estimate of drug-likeness (QED) is 0.169. The van der Waals surface area contributed by atoms with Gasteiger partial charge in [-0.1, -0.05) is 67.6 Å². The van der Waals surface area contributed by atoms with Crippen molar-refractivity contribution < 1.29 is 24.2 Å². The van der Waals surface area contributed by atoms with E-state index < -0.39 is 29.7 Å². The molecule has 242 valence electrons. The van der Waals surface area contributed by atoms with Gasteiger partial charge >= 0.3 is 6.09 Å². The lowest BCUT2D eigenvalue weighted by Crippen LogP contribution is -2.55. The van der Waals surface area contributed by atoms with E-state index in [-0.39, 0.29) is 24.1 Å². The SMILES string of the molecule is CCC(C)N(C(=O)C(Cc1ccc(O)cc1)NC(=O)OC(C)(C)C)C(C(=O)Nc1ccc2ccccc2c1)c1ccc(C)c(C)c1. The maximum absolute atomic E-state index is 14.7. The molecule has 0 saturated heterocycles. The van der Waals surface area contributed by atoms with Gasteiger partial charge in [0, 0.05) is 18.2 Å². The van der Waals surface area contributed by atoms with Crippen molar-refractivity contribution in [1.82, 2.24) is 10.2 Å². The number of alkyl carbamates (subject to hydrolysis) is 1.